The van der Waals surface area contributed by atoms with Crippen molar-refractivity contribution < 1.29 is 0 Å². The van der Waals surface area contributed by atoms with Crippen molar-refractivity contribution in [2.45, 2.75) is 39.7 Å². The summed E-state index contributed by atoms with van der Waals surface area (Å²) in [6, 6.07) is 0. The number of aromatic nitrogens is 1. The molecule has 1 fully saturated rings. The molecule has 1 aliphatic carbocycles. The number of hydrogen-bond acceptors (Lipinski definition) is 4. The molecule has 1 aromatic rings. The molecule has 0 spiro atoms. The Hall–Kier alpha value is -0.610. The van der Waals surface area contributed by atoms with E-state index in [1.54, 1.807) is 0 Å². The highest BCUT2D eigenvalue weighted by Crippen LogP contribution is 2.33. The van der Waals surface area contributed by atoms with Gasteiger partial charge < -0.3 is 10.2 Å². The molecule has 1 aromatic heterocycles. The van der Waals surface area contributed by atoms with Crippen LogP contribution in [-0.2, 0) is 6.54 Å². The Morgan fingerprint density at radius 3 is 2.82 bits per heavy atom. The van der Waals surface area contributed by atoms with Crippen LogP contribution in [0.4, 0.5) is 5.13 Å². The minimum Gasteiger partial charge on any atom is -0.348 e. The fraction of sp³-hybridized carbons (Fsp3) is 0.769. The molecule has 0 saturated heterocycles. The summed E-state index contributed by atoms with van der Waals surface area (Å²) in [4.78, 5) is 8.59. The Labute approximate surface area is 108 Å². The molecule has 0 radical (unpaired) electrons. The van der Waals surface area contributed by atoms with Crippen molar-refractivity contribution >= 4 is 16.5 Å². The Kier molecular flexibility index (Phi) is 4.40. The summed E-state index contributed by atoms with van der Waals surface area (Å²) in [6.45, 7) is 7.65. The lowest BCUT2D eigenvalue weighted by Crippen LogP contribution is -2.26. The third-order valence-electron chi connectivity index (χ3n) is 3.16. The summed E-state index contributed by atoms with van der Waals surface area (Å²) in [5.41, 5.74) is 1.19. The van der Waals surface area contributed by atoms with Crippen molar-refractivity contribution in [3.05, 3.63) is 10.6 Å². The molecule has 17 heavy (non-hydrogen) atoms. The van der Waals surface area contributed by atoms with Crippen LogP contribution in [0.15, 0.2) is 0 Å². The number of nitrogens with one attached hydrogen (secondary N) is 1. The van der Waals surface area contributed by atoms with Crippen LogP contribution in [0.1, 0.15) is 36.8 Å². The van der Waals surface area contributed by atoms with E-state index in [1.807, 2.05) is 18.4 Å². The first kappa shape index (κ1) is 12.8. The van der Waals surface area contributed by atoms with E-state index in [2.05, 4.69) is 24.1 Å². The maximum Gasteiger partial charge on any atom is 0.185 e. The summed E-state index contributed by atoms with van der Waals surface area (Å²) in [7, 11) is 1.99. The third kappa shape index (κ3) is 3.42. The summed E-state index contributed by atoms with van der Waals surface area (Å²) in [6.07, 6.45) is 4.02. The maximum atomic E-state index is 4.73. The fourth-order valence-corrected chi connectivity index (χ4v) is 3.13. The second kappa shape index (κ2) is 5.83. The lowest BCUT2D eigenvalue weighted by molar-refractivity contribution is 0.705. The Morgan fingerprint density at radius 1 is 1.47 bits per heavy atom. The van der Waals surface area contributed by atoms with Gasteiger partial charge in [-0.2, -0.15) is 0 Å². The van der Waals surface area contributed by atoms with Gasteiger partial charge >= 0.3 is 0 Å². The lowest BCUT2D eigenvalue weighted by Gasteiger charge is -2.20. The highest BCUT2D eigenvalue weighted by atomic mass is 32.1. The van der Waals surface area contributed by atoms with Crippen molar-refractivity contribution in [2.75, 3.05) is 25.0 Å². The second-order valence-electron chi connectivity index (χ2n) is 4.92. The van der Waals surface area contributed by atoms with Gasteiger partial charge in [-0.25, -0.2) is 4.98 Å². The summed E-state index contributed by atoms with van der Waals surface area (Å²) >= 11 is 1.85. The molecule has 2 rings (SSSR count). The van der Waals surface area contributed by atoms with Gasteiger partial charge in [0.2, 0.25) is 0 Å². The van der Waals surface area contributed by atoms with Crippen LogP contribution in [0, 0.1) is 12.8 Å². The molecule has 1 aliphatic rings. The van der Waals surface area contributed by atoms with Gasteiger partial charge in [-0.1, -0.05) is 6.92 Å². The predicted molar refractivity (Wildman–Crippen MR) is 74.8 cm³/mol. The number of hydrogen-bond donors (Lipinski definition) is 1. The van der Waals surface area contributed by atoms with Crippen LogP contribution in [0.3, 0.4) is 0 Å². The molecular formula is C13H23N3S. The molecule has 0 amide bonds. The van der Waals surface area contributed by atoms with Crippen LogP contribution in [0.5, 0.6) is 0 Å². The Morgan fingerprint density at radius 2 is 2.24 bits per heavy atom. The number of anilines is 1. The molecule has 1 heterocycles. The zero-order chi connectivity index (χ0) is 12.3. The first-order chi connectivity index (χ1) is 8.24. The van der Waals surface area contributed by atoms with Gasteiger partial charge in [0, 0.05) is 24.5 Å². The normalized spacial score (nSPS) is 15.2. The highest BCUT2D eigenvalue weighted by molar-refractivity contribution is 7.15. The lowest BCUT2D eigenvalue weighted by atomic mass is 10.3. The van der Waals surface area contributed by atoms with Crippen LogP contribution >= 0.6 is 11.3 Å². The third-order valence-corrected chi connectivity index (χ3v) is 4.38. The Balaban J connectivity index is 2.07. The minimum absolute atomic E-state index is 0.929. The molecule has 96 valence electrons. The molecule has 0 unspecified atom stereocenters. The summed E-state index contributed by atoms with van der Waals surface area (Å²) in [5, 5.41) is 4.44. The molecule has 0 bridgehead atoms. The molecule has 1 N–H and O–H groups in total. The topological polar surface area (TPSA) is 28.2 Å². The molecule has 0 atom stereocenters. The quantitative estimate of drug-likeness (QED) is 0.810. The van der Waals surface area contributed by atoms with E-state index in [4.69, 9.17) is 4.98 Å². The van der Waals surface area contributed by atoms with Gasteiger partial charge in [-0.15, -0.1) is 11.3 Å². The standard InChI is InChI=1S/C13H23N3S/c1-4-7-16(9-11-5-6-11)13-15-10(2)12(17-13)8-14-3/h11,14H,4-9H2,1-3H3. The van der Waals surface area contributed by atoms with Crippen LogP contribution in [-0.4, -0.2) is 25.1 Å². The first-order valence-electron chi connectivity index (χ1n) is 6.60. The van der Waals surface area contributed by atoms with Crippen LogP contribution in [0.2, 0.25) is 0 Å². The van der Waals surface area contributed by atoms with E-state index in [0.29, 0.717) is 0 Å². The maximum absolute atomic E-state index is 4.73. The predicted octanol–water partition coefficient (Wildman–Crippen LogP) is 2.80. The van der Waals surface area contributed by atoms with Crippen LogP contribution in [0.25, 0.3) is 0 Å². The second-order valence-corrected chi connectivity index (χ2v) is 5.99. The van der Waals surface area contributed by atoms with Gasteiger partial charge in [0.1, 0.15) is 0 Å². The van der Waals surface area contributed by atoms with E-state index < -0.39 is 0 Å². The molecule has 3 nitrogen and oxygen atoms in total. The smallest absolute Gasteiger partial charge is 0.185 e. The summed E-state index contributed by atoms with van der Waals surface area (Å²) in [5.74, 6) is 0.929. The molecule has 0 aromatic carbocycles. The van der Waals surface area contributed by atoms with E-state index in [9.17, 15) is 0 Å². The van der Waals surface area contributed by atoms with Gasteiger partial charge in [0.25, 0.3) is 0 Å². The molecule has 1 saturated carbocycles. The van der Waals surface area contributed by atoms with Gasteiger partial charge in [-0.05, 0) is 39.2 Å². The Bertz CT molecular complexity index is 358. The van der Waals surface area contributed by atoms with E-state index >= 15 is 0 Å². The number of nitrogens with zero attached hydrogens (tertiary/aromatic N) is 2. The first-order valence-corrected chi connectivity index (χ1v) is 7.42. The molecule has 4 heteroatoms. The van der Waals surface area contributed by atoms with E-state index in [1.165, 1.54) is 41.5 Å². The van der Waals surface area contributed by atoms with Gasteiger partial charge in [0.05, 0.1) is 5.69 Å². The van der Waals surface area contributed by atoms with Crippen molar-refractivity contribution in [1.82, 2.24) is 10.3 Å². The highest BCUT2D eigenvalue weighted by Gasteiger charge is 2.25. The van der Waals surface area contributed by atoms with Gasteiger partial charge in [-0.3, -0.25) is 0 Å². The van der Waals surface area contributed by atoms with E-state index in [0.717, 1.165) is 19.0 Å². The fourth-order valence-electron chi connectivity index (χ4n) is 2.02. The average Bonchev–Trinajstić information content (AvgIpc) is 3.04. The molecular weight excluding hydrogens is 230 g/mol. The zero-order valence-electron chi connectivity index (χ0n) is 11.1. The van der Waals surface area contributed by atoms with Crippen molar-refractivity contribution in [3.63, 3.8) is 0 Å². The summed E-state index contributed by atoms with van der Waals surface area (Å²) < 4.78 is 0. The molecule has 0 aliphatic heterocycles. The SMILES string of the molecule is CCCN(CC1CC1)c1nc(C)c(CNC)s1. The monoisotopic (exact) mass is 253 g/mol. The number of rotatable bonds is 7. The largest absolute Gasteiger partial charge is 0.348 e. The van der Waals surface area contributed by atoms with E-state index in [-0.39, 0.29) is 0 Å². The van der Waals surface area contributed by atoms with Gasteiger partial charge in [0.15, 0.2) is 5.13 Å². The van der Waals surface area contributed by atoms with Crippen molar-refractivity contribution in [1.29, 1.82) is 0 Å². The van der Waals surface area contributed by atoms with Crippen molar-refractivity contribution in [2.24, 2.45) is 5.92 Å². The minimum atomic E-state index is 0.929. The number of aryl methyl sites for hydroxylation is 1. The number of thiazole rings is 1. The van der Waals surface area contributed by atoms with Crippen LogP contribution < -0.4 is 10.2 Å². The zero-order valence-corrected chi connectivity index (χ0v) is 11.9. The van der Waals surface area contributed by atoms with Crippen molar-refractivity contribution in [3.8, 4) is 0 Å². The average molecular weight is 253 g/mol.